The lowest BCUT2D eigenvalue weighted by molar-refractivity contribution is -0.134. The van der Waals surface area contributed by atoms with E-state index in [2.05, 4.69) is 35.8 Å². The lowest BCUT2D eigenvalue weighted by Crippen LogP contribution is -2.36. The predicted octanol–water partition coefficient (Wildman–Crippen LogP) is 2.61. The van der Waals surface area contributed by atoms with Gasteiger partial charge in [0.15, 0.2) is 0 Å². The lowest BCUT2D eigenvalue weighted by Gasteiger charge is -2.21. The summed E-state index contributed by atoms with van der Waals surface area (Å²) in [7, 11) is 1.87. The van der Waals surface area contributed by atoms with Gasteiger partial charge in [-0.15, -0.1) is 11.8 Å². The largest absolute Gasteiger partial charge is 0.341 e. The van der Waals surface area contributed by atoms with Crippen molar-refractivity contribution in [2.24, 2.45) is 5.92 Å². The van der Waals surface area contributed by atoms with E-state index in [0.717, 1.165) is 13.1 Å². The van der Waals surface area contributed by atoms with Crippen molar-refractivity contribution in [1.82, 2.24) is 10.2 Å². The first-order chi connectivity index (χ1) is 9.08. The molecule has 0 bridgehead atoms. The minimum absolute atomic E-state index is 0.0235. The van der Waals surface area contributed by atoms with Gasteiger partial charge in [0.2, 0.25) is 5.91 Å². The number of rotatable bonds is 7. The number of amides is 1. The Morgan fingerprint density at radius 3 is 2.53 bits per heavy atom. The van der Waals surface area contributed by atoms with Gasteiger partial charge in [-0.05, 0) is 30.5 Å². The van der Waals surface area contributed by atoms with Crippen LogP contribution in [0.5, 0.6) is 0 Å². The smallest absolute Gasteiger partial charge is 0.226 e. The van der Waals surface area contributed by atoms with Crippen molar-refractivity contribution in [3.8, 4) is 0 Å². The third-order valence-electron chi connectivity index (χ3n) is 3.08. The van der Waals surface area contributed by atoms with Gasteiger partial charge in [-0.2, -0.15) is 0 Å². The van der Waals surface area contributed by atoms with Crippen LogP contribution in [0.2, 0.25) is 0 Å². The summed E-state index contributed by atoms with van der Waals surface area (Å²) in [6.45, 7) is 6.33. The first kappa shape index (κ1) is 16.1. The summed E-state index contributed by atoms with van der Waals surface area (Å²) in [4.78, 5) is 15.2. The summed E-state index contributed by atoms with van der Waals surface area (Å²) in [6, 6.07) is 8.37. The molecule has 106 valence electrons. The fourth-order valence-electron chi connectivity index (χ4n) is 1.91. The molecule has 0 fully saturated rings. The van der Waals surface area contributed by atoms with E-state index in [1.165, 1.54) is 10.5 Å². The minimum atomic E-state index is 0.0235. The first-order valence-electron chi connectivity index (χ1n) is 6.67. The third kappa shape index (κ3) is 5.25. The number of carbonyl (C=O) groups is 1. The Kier molecular flexibility index (Phi) is 6.95. The average molecular weight is 280 g/mol. The van der Waals surface area contributed by atoms with E-state index in [4.69, 9.17) is 0 Å². The van der Waals surface area contributed by atoms with Crippen molar-refractivity contribution in [2.45, 2.75) is 25.3 Å². The van der Waals surface area contributed by atoms with Gasteiger partial charge < -0.3 is 10.2 Å². The summed E-state index contributed by atoms with van der Waals surface area (Å²) < 4.78 is 0. The second-order valence-electron chi connectivity index (χ2n) is 4.75. The molecule has 3 nitrogen and oxygen atoms in total. The minimum Gasteiger partial charge on any atom is -0.341 e. The molecule has 0 saturated carbocycles. The molecule has 1 aromatic rings. The van der Waals surface area contributed by atoms with Crippen LogP contribution in [0.25, 0.3) is 0 Å². The van der Waals surface area contributed by atoms with Crippen LogP contribution in [0, 0.1) is 5.92 Å². The highest BCUT2D eigenvalue weighted by molar-refractivity contribution is 7.98. The number of carbonyl (C=O) groups excluding carboxylic acids is 1. The van der Waals surface area contributed by atoms with Crippen molar-refractivity contribution < 1.29 is 4.79 Å². The molecule has 0 aliphatic carbocycles. The number of nitrogens with one attached hydrogen (secondary N) is 1. The molecule has 0 aliphatic heterocycles. The Bertz CT molecular complexity index is 392. The average Bonchev–Trinajstić information content (AvgIpc) is 2.44. The zero-order valence-corrected chi connectivity index (χ0v) is 13.1. The topological polar surface area (TPSA) is 32.3 Å². The number of thioether (sulfide) groups is 1. The van der Waals surface area contributed by atoms with Crippen LogP contribution in [0.4, 0.5) is 0 Å². The number of benzene rings is 1. The molecular formula is C15H24N2OS. The maximum Gasteiger partial charge on any atom is 0.226 e. The van der Waals surface area contributed by atoms with Crippen molar-refractivity contribution in [3.05, 3.63) is 29.8 Å². The number of nitrogens with zero attached hydrogens (tertiary/aromatic N) is 1. The van der Waals surface area contributed by atoms with E-state index in [9.17, 15) is 4.79 Å². The second kappa shape index (κ2) is 8.23. The van der Waals surface area contributed by atoms with E-state index in [-0.39, 0.29) is 11.8 Å². The van der Waals surface area contributed by atoms with Crippen LogP contribution in [0.1, 0.15) is 19.4 Å². The molecule has 0 radical (unpaired) electrons. The quantitative estimate of drug-likeness (QED) is 0.779. The zero-order chi connectivity index (χ0) is 14.3. The van der Waals surface area contributed by atoms with Crippen molar-refractivity contribution in [1.29, 1.82) is 0 Å². The molecule has 0 spiro atoms. The summed E-state index contributed by atoms with van der Waals surface area (Å²) in [5, 5.41) is 3.21. The van der Waals surface area contributed by atoms with E-state index in [1.807, 2.05) is 20.9 Å². The standard InChI is InChI=1S/C15H24N2OS/c1-5-16-10-12(2)15(18)17(3)11-13-6-8-14(19-4)9-7-13/h6-9,12,16H,5,10-11H2,1-4H3. The summed E-state index contributed by atoms with van der Waals surface area (Å²) in [5.74, 6) is 0.213. The van der Waals surface area contributed by atoms with Gasteiger partial charge in [0.1, 0.15) is 0 Å². The maximum absolute atomic E-state index is 12.2. The van der Waals surface area contributed by atoms with Gasteiger partial charge >= 0.3 is 0 Å². The Morgan fingerprint density at radius 1 is 1.37 bits per heavy atom. The molecule has 0 aromatic heterocycles. The van der Waals surface area contributed by atoms with E-state index < -0.39 is 0 Å². The molecule has 0 heterocycles. The Balaban J connectivity index is 2.52. The molecule has 0 aliphatic rings. The van der Waals surface area contributed by atoms with Crippen LogP contribution in [0.3, 0.4) is 0 Å². The molecule has 4 heteroatoms. The highest BCUT2D eigenvalue weighted by Gasteiger charge is 2.16. The van der Waals surface area contributed by atoms with Crippen molar-refractivity contribution >= 4 is 17.7 Å². The normalized spacial score (nSPS) is 12.2. The van der Waals surface area contributed by atoms with E-state index in [1.54, 1.807) is 16.7 Å². The molecule has 19 heavy (non-hydrogen) atoms. The van der Waals surface area contributed by atoms with Crippen molar-refractivity contribution in [3.63, 3.8) is 0 Å². The predicted molar refractivity (Wildman–Crippen MR) is 82.4 cm³/mol. The SMILES string of the molecule is CCNCC(C)C(=O)N(C)Cc1ccc(SC)cc1. The molecule has 1 aromatic carbocycles. The fraction of sp³-hybridized carbons (Fsp3) is 0.533. The molecule has 1 N–H and O–H groups in total. The van der Waals surface area contributed by atoms with Crippen LogP contribution >= 0.6 is 11.8 Å². The monoisotopic (exact) mass is 280 g/mol. The van der Waals surface area contributed by atoms with Crippen molar-refractivity contribution in [2.75, 3.05) is 26.4 Å². The summed E-state index contributed by atoms with van der Waals surface area (Å²) in [6.07, 6.45) is 2.06. The Morgan fingerprint density at radius 2 is 2.00 bits per heavy atom. The number of hydrogen-bond acceptors (Lipinski definition) is 3. The van der Waals surface area contributed by atoms with Gasteiger partial charge in [0, 0.05) is 31.0 Å². The third-order valence-corrected chi connectivity index (χ3v) is 3.82. The lowest BCUT2D eigenvalue weighted by atomic mass is 10.1. The van der Waals surface area contributed by atoms with Gasteiger partial charge in [-0.3, -0.25) is 4.79 Å². The zero-order valence-electron chi connectivity index (χ0n) is 12.3. The van der Waals surface area contributed by atoms with Crippen LogP contribution in [0.15, 0.2) is 29.2 Å². The Labute approximate surface area is 120 Å². The van der Waals surface area contributed by atoms with Crippen LogP contribution in [-0.2, 0) is 11.3 Å². The fourth-order valence-corrected chi connectivity index (χ4v) is 2.32. The van der Waals surface area contributed by atoms with Crippen LogP contribution < -0.4 is 5.32 Å². The van der Waals surface area contributed by atoms with Gasteiger partial charge in [0.25, 0.3) is 0 Å². The molecule has 1 atom stereocenters. The first-order valence-corrected chi connectivity index (χ1v) is 7.89. The molecule has 1 rings (SSSR count). The molecular weight excluding hydrogens is 256 g/mol. The van der Waals surface area contributed by atoms with E-state index in [0.29, 0.717) is 6.54 Å². The molecule has 1 amide bonds. The van der Waals surface area contributed by atoms with Gasteiger partial charge in [0.05, 0.1) is 0 Å². The Hall–Kier alpha value is -1.00. The van der Waals surface area contributed by atoms with Gasteiger partial charge in [-0.25, -0.2) is 0 Å². The van der Waals surface area contributed by atoms with Crippen LogP contribution in [-0.4, -0.2) is 37.2 Å². The highest BCUT2D eigenvalue weighted by Crippen LogP contribution is 2.16. The second-order valence-corrected chi connectivity index (χ2v) is 5.63. The maximum atomic E-state index is 12.2. The number of hydrogen-bond donors (Lipinski definition) is 1. The molecule has 0 saturated heterocycles. The molecule has 1 unspecified atom stereocenters. The summed E-state index contributed by atoms with van der Waals surface area (Å²) >= 11 is 1.73. The van der Waals surface area contributed by atoms with Gasteiger partial charge in [-0.1, -0.05) is 26.0 Å². The highest BCUT2D eigenvalue weighted by atomic mass is 32.2. The summed E-state index contributed by atoms with van der Waals surface area (Å²) in [5.41, 5.74) is 1.17. The van der Waals surface area contributed by atoms with E-state index >= 15 is 0 Å².